The summed E-state index contributed by atoms with van der Waals surface area (Å²) >= 11 is 0. The van der Waals surface area contributed by atoms with Gasteiger partial charge in [0.1, 0.15) is 6.04 Å². The van der Waals surface area contributed by atoms with E-state index in [9.17, 15) is 9.59 Å². The SMILES string of the molecule is CC1C(=O)NCCN1C(=O)C1C=CC(N)C1. The van der Waals surface area contributed by atoms with E-state index >= 15 is 0 Å². The average Bonchev–Trinajstić information content (AvgIpc) is 2.68. The average molecular weight is 223 g/mol. The molecule has 1 aliphatic carbocycles. The summed E-state index contributed by atoms with van der Waals surface area (Å²) in [7, 11) is 0. The van der Waals surface area contributed by atoms with Crippen LogP contribution in [0.3, 0.4) is 0 Å². The Balaban J connectivity index is 2.04. The number of carbonyl (C=O) groups excluding carboxylic acids is 2. The van der Waals surface area contributed by atoms with E-state index in [1.807, 2.05) is 12.2 Å². The third kappa shape index (κ3) is 1.95. The Morgan fingerprint density at radius 2 is 2.31 bits per heavy atom. The Morgan fingerprint density at radius 1 is 1.56 bits per heavy atom. The zero-order valence-electron chi connectivity index (χ0n) is 9.35. The van der Waals surface area contributed by atoms with Gasteiger partial charge >= 0.3 is 0 Å². The van der Waals surface area contributed by atoms with Crippen molar-refractivity contribution in [1.82, 2.24) is 10.2 Å². The fraction of sp³-hybridized carbons (Fsp3) is 0.636. The van der Waals surface area contributed by atoms with Gasteiger partial charge in [0.05, 0.1) is 5.92 Å². The molecule has 1 fully saturated rings. The van der Waals surface area contributed by atoms with E-state index in [-0.39, 0.29) is 29.8 Å². The minimum atomic E-state index is -0.369. The number of hydrogen-bond acceptors (Lipinski definition) is 3. The first-order valence-corrected chi connectivity index (χ1v) is 5.61. The van der Waals surface area contributed by atoms with Gasteiger partial charge < -0.3 is 16.0 Å². The maximum atomic E-state index is 12.1. The third-order valence-electron chi connectivity index (χ3n) is 3.22. The molecule has 3 atom stereocenters. The minimum Gasteiger partial charge on any atom is -0.353 e. The van der Waals surface area contributed by atoms with Crippen molar-refractivity contribution in [1.29, 1.82) is 0 Å². The van der Waals surface area contributed by atoms with Gasteiger partial charge in [-0.15, -0.1) is 0 Å². The Kier molecular flexibility index (Phi) is 2.96. The number of amides is 2. The molecule has 88 valence electrons. The first-order valence-electron chi connectivity index (χ1n) is 5.61. The standard InChI is InChI=1S/C11H17N3O2/c1-7-10(15)13-4-5-14(7)11(16)8-2-3-9(12)6-8/h2-3,7-9H,4-6,12H2,1H3,(H,13,15). The first kappa shape index (κ1) is 11.1. The highest BCUT2D eigenvalue weighted by Gasteiger charge is 2.34. The molecule has 2 rings (SSSR count). The van der Waals surface area contributed by atoms with E-state index in [2.05, 4.69) is 5.32 Å². The van der Waals surface area contributed by atoms with Crippen molar-refractivity contribution >= 4 is 11.8 Å². The number of rotatable bonds is 1. The maximum absolute atomic E-state index is 12.1. The number of nitrogens with zero attached hydrogens (tertiary/aromatic N) is 1. The van der Waals surface area contributed by atoms with Gasteiger partial charge in [-0.3, -0.25) is 9.59 Å². The number of carbonyl (C=O) groups is 2. The Hall–Kier alpha value is -1.36. The summed E-state index contributed by atoms with van der Waals surface area (Å²) in [6, 6.07) is -0.394. The molecule has 3 unspecified atom stereocenters. The molecule has 0 spiro atoms. The molecule has 1 heterocycles. The molecule has 0 aromatic rings. The van der Waals surface area contributed by atoms with Gasteiger partial charge in [0.25, 0.3) is 0 Å². The van der Waals surface area contributed by atoms with E-state index in [1.54, 1.807) is 11.8 Å². The topological polar surface area (TPSA) is 75.4 Å². The largest absolute Gasteiger partial charge is 0.353 e. The lowest BCUT2D eigenvalue weighted by molar-refractivity contribution is -0.144. The van der Waals surface area contributed by atoms with Crippen LogP contribution in [-0.2, 0) is 9.59 Å². The van der Waals surface area contributed by atoms with Crippen LogP contribution in [0.1, 0.15) is 13.3 Å². The molecule has 0 radical (unpaired) electrons. The summed E-state index contributed by atoms with van der Waals surface area (Å²) in [4.78, 5) is 25.2. The van der Waals surface area contributed by atoms with Crippen LogP contribution < -0.4 is 11.1 Å². The summed E-state index contributed by atoms with van der Waals surface area (Å²) < 4.78 is 0. The lowest BCUT2D eigenvalue weighted by Crippen LogP contribution is -2.57. The Morgan fingerprint density at radius 3 is 2.94 bits per heavy atom. The van der Waals surface area contributed by atoms with Crippen LogP contribution in [0.2, 0.25) is 0 Å². The predicted octanol–water partition coefficient (Wildman–Crippen LogP) is -0.763. The molecule has 0 aromatic heterocycles. The van der Waals surface area contributed by atoms with Crippen molar-refractivity contribution in [2.75, 3.05) is 13.1 Å². The van der Waals surface area contributed by atoms with E-state index in [0.29, 0.717) is 19.5 Å². The minimum absolute atomic E-state index is 0.0200. The van der Waals surface area contributed by atoms with Crippen molar-refractivity contribution in [3.8, 4) is 0 Å². The van der Waals surface area contributed by atoms with Crippen molar-refractivity contribution < 1.29 is 9.59 Å². The molecule has 2 aliphatic rings. The smallest absolute Gasteiger partial charge is 0.242 e. The molecule has 0 saturated carbocycles. The second kappa shape index (κ2) is 4.25. The van der Waals surface area contributed by atoms with Crippen LogP contribution in [-0.4, -0.2) is 41.9 Å². The second-order valence-corrected chi connectivity index (χ2v) is 4.39. The highest BCUT2D eigenvalue weighted by Crippen LogP contribution is 2.20. The molecule has 2 amide bonds. The maximum Gasteiger partial charge on any atom is 0.242 e. The summed E-state index contributed by atoms with van der Waals surface area (Å²) in [5.74, 6) is -0.208. The molecule has 0 bridgehead atoms. The molecular weight excluding hydrogens is 206 g/mol. The number of piperazine rings is 1. The molecule has 16 heavy (non-hydrogen) atoms. The lowest BCUT2D eigenvalue weighted by atomic mass is 10.0. The van der Waals surface area contributed by atoms with Crippen LogP contribution in [0.4, 0.5) is 0 Å². The lowest BCUT2D eigenvalue weighted by Gasteiger charge is -2.34. The molecular formula is C11H17N3O2. The van der Waals surface area contributed by atoms with E-state index < -0.39 is 0 Å². The quantitative estimate of drug-likeness (QED) is 0.574. The van der Waals surface area contributed by atoms with Gasteiger partial charge in [0, 0.05) is 19.1 Å². The summed E-state index contributed by atoms with van der Waals surface area (Å²) in [6.45, 7) is 2.88. The zero-order chi connectivity index (χ0) is 11.7. The van der Waals surface area contributed by atoms with Crippen molar-refractivity contribution in [2.24, 2.45) is 11.7 Å². The van der Waals surface area contributed by atoms with Crippen LogP contribution in [0.15, 0.2) is 12.2 Å². The molecule has 1 aliphatic heterocycles. The third-order valence-corrected chi connectivity index (χ3v) is 3.22. The van der Waals surface area contributed by atoms with E-state index in [1.165, 1.54) is 0 Å². The van der Waals surface area contributed by atoms with E-state index in [0.717, 1.165) is 0 Å². The van der Waals surface area contributed by atoms with Gasteiger partial charge in [-0.25, -0.2) is 0 Å². The molecule has 0 aromatic carbocycles. The number of nitrogens with one attached hydrogen (secondary N) is 1. The number of hydrogen-bond donors (Lipinski definition) is 2. The van der Waals surface area contributed by atoms with Gasteiger partial charge in [0.15, 0.2) is 0 Å². The molecule has 5 heteroatoms. The van der Waals surface area contributed by atoms with Gasteiger partial charge in [0.2, 0.25) is 11.8 Å². The van der Waals surface area contributed by atoms with Crippen LogP contribution in [0, 0.1) is 5.92 Å². The van der Waals surface area contributed by atoms with Crippen LogP contribution in [0.25, 0.3) is 0 Å². The normalized spacial score (nSPS) is 34.0. The van der Waals surface area contributed by atoms with E-state index in [4.69, 9.17) is 5.73 Å². The predicted molar refractivity (Wildman–Crippen MR) is 59.4 cm³/mol. The fourth-order valence-corrected chi connectivity index (χ4v) is 2.21. The van der Waals surface area contributed by atoms with Gasteiger partial charge in [-0.2, -0.15) is 0 Å². The first-order chi connectivity index (χ1) is 7.59. The second-order valence-electron chi connectivity index (χ2n) is 4.39. The fourth-order valence-electron chi connectivity index (χ4n) is 2.21. The highest BCUT2D eigenvalue weighted by atomic mass is 16.2. The summed E-state index contributed by atoms with van der Waals surface area (Å²) in [5, 5.41) is 2.74. The van der Waals surface area contributed by atoms with Gasteiger partial charge in [-0.05, 0) is 13.3 Å². The van der Waals surface area contributed by atoms with Gasteiger partial charge in [-0.1, -0.05) is 12.2 Å². The summed E-state index contributed by atoms with van der Waals surface area (Å²) in [5.41, 5.74) is 5.72. The monoisotopic (exact) mass is 223 g/mol. The van der Waals surface area contributed by atoms with Crippen molar-refractivity contribution in [3.05, 3.63) is 12.2 Å². The van der Waals surface area contributed by atoms with Crippen LogP contribution >= 0.6 is 0 Å². The van der Waals surface area contributed by atoms with Crippen molar-refractivity contribution in [2.45, 2.75) is 25.4 Å². The van der Waals surface area contributed by atoms with Crippen LogP contribution in [0.5, 0.6) is 0 Å². The summed E-state index contributed by atoms with van der Waals surface area (Å²) in [6.07, 6.45) is 4.37. The molecule has 3 N–H and O–H groups in total. The molecule has 1 saturated heterocycles. The highest BCUT2D eigenvalue weighted by molar-refractivity contribution is 5.90. The Labute approximate surface area is 94.7 Å². The molecule has 5 nitrogen and oxygen atoms in total. The Bertz CT molecular complexity index is 340. The number of nitrogens with two attached hydrogens (primary N) is 1. The zero-order valence-corrected chi connectivity index (χ0v) is 9.35. The van der Waals surface area contributed by atoms with Crippen molar-refractivity contribution in [3.63, 3.8) is 0 Å².